The summed E-state index contributed by atoms with van der Waals surface area (Å²) >= 11 is 0. The van der Waals surface area contributed by atoms with Crippen molar-refractivity contribution in [2.75, 3.05) is 11.9 Å². The lowest BCUT2D eigenvalue weighted by atomic mass is 10.0. The Balaban J connectivity index is 2.68. The van der Waals surface area contributed by atoms with E-state index in [1.807, 2.05) is 0 Å². The molecule has 1 aromatic rings. The molecule has 0 bridgehead atoms. The lowest BCUT2D eigenvalue weighted by molar-refractivity contribution is 0.866. The van der Waals surface area contributed by atoms with Crippen molar-refractivity contribution >= 4 is 5.69 Å². The second kappa shape index (κ2) is 4.90. The SMILES string of the molecule is CCCNc1cccc(C(C)C)c1. The van der Waals surface area contributed by atoms with Crippen molar-refractivity contribution in [1.29, 1.82) is 0 Å². The molecule has 72 valence electrons. The molecule has 0 aliphatic heterocycles. The molecule has 1 rings (SSSR count). The summed E-state index contributed by atoms with van der Waals surface area (Å²) in [4.78, 5) is 0. The van der Waals surface area contributed by atoms with Crippen LogP contribution in [0, 0.1) is 0 Å². The molecule has 0 saturated heterocycles. The van der Waals surface area contributed by atoms with E-state index in [0.717, 1.165) is 6.54 Å². The highest BCUT2D eigenvalue weighted by molar-refractivity contribution is 5.46. The summed E-state index contributed by atoms with van der Waals surface area (Å²) in [5, 5.41) is 3.39. The zero-order chi connectivity index (χ0) is 9.68. The van der Waals surface area contributed by atoms with Crippen molar-refractivity contribution in [2.45, 2.75) is 33.1 Å². The minimum absolute atomic E-state index is 0.614. The maximum atomic E-state index is 3.39. The van der Waals surface area contributed by atoms with E-state index in [0.29, 0.717) is 5.92 Å². The predicted molar refractivity (Wildman–Crippen MR) is 59.3 cm³/mol. The van der Waals surface area contributed by atoms with Crippen molar-refractivity contribution < 1.29 is 0 Å². The van der Waals surface area contributed by atoms with Crippen molar-refractivity contribution in [3.05, 3.63) is 29.8 Å². The van der Waals surface area contributed by atoms with Crippen molar-refractivity contribution in [2.24, 2.45) is 0 Å². The van der Waals surface area contributed by atoms with Crippen LogP contribution >= 0.6 is 0 Å². The van der Waals surface area contributed by atoms with Gasteiger partial charge in [0.05, 0.1) is 0 Å². The molecule has 0 heterocycles. The van der Waals surface area contributed by atoms with E-state index in [1.165, 1.54) is 17.7 Å². The van der Waals surface area contributed by atoms with Gasteiger partial charge in [-0.25, -0.2) is 0 Å². The Bertz CT molecular complexity index is 253. The summed E-state index contributed by atoms with van der Waals surface area (Å²) < 4.78 is 0. The fourth-order valence-corrected chi connectivity index (χ4v) is 1.28. The highest BCUT2D eigenvalue weighted by atomic mass is 14.9. The van der Waals surface area contributed by atoms with E-state index in [4.69, 9.17) is 0 Å². The number of nitrogens with one attached hydrogen (secondary N) is 1. The van der Waals surface area contributed by atoms with Gasteiger partial charge in [0.2, 0.25) is 0 Å². The normalized spacial score (nSPS) is 10.5. The minimum atomic E-state index is 0.614. The number of anilines is 1. The highest BCUT2D eigenvalue weighted by Gasteiger charge is 1.98. The zero-order valence-electron chi connectivity index (χ0n) is 8.80. The second-order valence-corrected chi connectivity index (χ2v) is 3.71. The van der Waals surface area contributed by atoms with E-state index < -0.39 is 0 Å². The summed E-state index contributed by atoms with van der Waals surface area (Å²) in [7, 11) is 0. The molecule has 0 saturated carbocycles. The molecule has 1 nitrogen and oxygen atoms in total. The number of hydrogen-bond donors (Lipinski definition) is 1. The largest absolute Gasteiger partial charge is 0.385 e. The Morgan fingerprint density at radius 1 is 1.31 bits per heavy atom. The minimum Gasteiger partial charge on any atom is -0.385 e. The lowest BCUT2D eigenvalue weighted by Crippen LogP contribution is -2.00. The summed E-state index contributed by atoms with van der Waals surface area (Å²) in [5.41, 5.74) is 2.65. The molecule has 0 aliphatic rings. The monoisotopic (exact) mass is 177 g/mol. The summed E-state index contributed by atoms with van der Waals surface area (Å²) in [5.74, 6) is 0.614. The van der Waals surface area contributed by atoms with E-state index in [9.17, 15) is 0 Å². The predicted octanol–water partition coefficient (Wildman–Crippen LogP) is 3.63. The molecule has 0 spiro atoms. The van der Waals surface area contributed by atoms with Crippen molar-refractivity contribution in [3.8, 4) is 0 Å². The van der Waals surface area contributed by atoms with Gasteiger partial charge >= 0.3 is 0 Å². The molecule has 0 atom stereocenters. The number of rotatable bonds is 4. The van der Waals surface area contributed by atoms with Crippen LogP contribution in [0.1, 0.15) is 38.7 Å². The average molecular weight is 177 g/mol. The van der Waals surface area contributed by atoms with Gasteiger partial charge in [-0.05, 0) is 30.0 Å². The summed E-state index contributed by atoms with van der Waals surface area (Å²) in [6.07, 6.45) is 1.17. The first kappa shape index (κ1) is 10.1. The summed E-state index contributed by atoms with van der Waals surface area (Å²) in [6.45, 7) is 7.68. The number of hydrogen-bond acceptors (Lipinski definition) is 1. The Hall–Kier alpha value is -0.980. The standard InChI is InChI=1S/C12H19N/c1-4-8-13-12-7-5-6-11(9-12)10(2)3/h5-7,9-10,13H,4,8H2,1-3H3. The quantitative estimate of drug-likeness (QED) is 0.740. The second-order valence-electron chi connectivity index (χ2n) is 3.71. The molecular formula is C12H19N. The first-order chi connectivity index (χ1) is 6.24. The van der Waals surface area contributed by atoms with Crippen LogP contribution in [0.2, 0.25) is 0 Å². The molecular weight excluding hydrogens is 158 g/mol. The third-order valence-corrected chi connectivity index (χ3v) is 2.13. The highest BCUT2D eigenvalue weighted by Crippen LogP contribution is 2.18. The van der Waals surface area contributed by atoms with Gasteiger partial charge in [0.25, 0.3) is 0 Å². The van der Waals surface area contributed by atoms with Gasteiger partial charge in [-0.15, -0.1) is 0 Å². The van der Waals surface area contributed by atoms with Crippen LogP contribution < -0.4 is 5.32 Å². The lowest BCUT2D eigenvalue weighted by Gasteiger charge is -2.09. The molecule has 0 radical (unpaired) electrons. The zero-order valence-corrected chi connectivity index (χ0v) is 8.80. The third-order valence-electron chi connectivity index (χ3n) is 2.13. The summed E-state index contributed by atoms with van der Waals surface area (Å²) in [6, 6.07) is 8.66. The maximum absolute atomic E-state index is 3.39. The van der Waals surface area contributed by atoms with E-state index in [2.05, 4.69) is 50.4 Å². The van der Waals surface area contributed by atoms with Crippen LogP contribution in [0.25, 0.3) is 0 Å². The van der Waals surface area contributed by atoms with Crippen LogP contribution in [0.15, 0.2) is 24.3 Å². The molecule has 0 unspecified atom stereocenters. The van der Waals surface area contributed by atoms with Crippen LogP contribution in [-0.2, 0) is 0 Å². The van der Waals surface area contributed by atoms with E-state index >= 15 is 0 Å². The number of benzene rings is 1. The molecule has 0 aromatic heterocycles. The van der Waals surface area contributed by atoms with Gasteiger partial charge in [0.15, 0.2) is 0 Å². The first-order valence-corrected chi connectivity index (χ1v) is 5.08. The molecule has 1 heteroatoms. The van der Waals surface area contributed by atoms with Crippen LogP contribution in [0.3, 0.4) is 0 Å². The van der Waals surface area contributed by atoms with Gasteiger partial charge in [-0.3, -0.25) is 0 Å². The first-order valence-electron chi connectivity index (χ1n) is 5.08. The van der Waals surface area contributed by atoms with Gasteiger partial charge in [-0.1, -0.05) is 32.9 Å². The molecule has 1 N–H and O–H groups in total. The van der Waals surface area contributed by atoms with Crippen molar-refractivity contribution in [1.82, 2.24) is 0 Å². The maximum Gasteiger partial charge on any atom is 0.0343 e. The Kier molecular flexibility index (Phi) is 3.81. The van der Waals surface area contributed by atoms with E-state index in [1.54, 1.807) is 0 Å². The Morgan fingerprint density at radius 2 is 2.08 bits per heavy atom. The van der Waals surface area contributed by atoms with Crippen LogP contribution in [-0.4, -0.2) is 6.54 Å². The smallest absolute Gasteiger partial charge is 0.0343 e. The molecule has 0 aliphatic carbocycles. The van der Waals surface area contributed by atoms with E-state index in [-0.39, 0.29) is 0 Å². The Labute approximate surface area is 81.2 Å². The molecule has 0 fully saturated rings. The molecule has 1 aromatic carbocycles. The van der Waals surface area contributed by atoms with Gasteiger partial charge in [0, 0.05) is 12.2 Å². The van der Waals surface area contributed by atoms with Crippen LogP contribution in [0.4, 0.5) is 5.69 Å². The fraction of sp³-hybridized carbons (Fsp3) is 0.500. The Morgan fingerprint density at radius 3 is 2.69 bits per heavy atom. The average Bonchev–Trinajstić information content (AvgIpc) is 2.15. The van der Waals surface area contributed by atoms with Crippen LogP contribution in [0.5, 0.6) is 0 Å². The van der Waals surface area contributed by atoms with Crippen molar-refractivity contribution in [3.63, 3.8) is 0 Å². The molecule has 13 heavy (non-hydrogen) atoms. The van der Waals surface area contributed by atoms with Gasteiger partial charge in [-0.2, -0.15) is 0 Å². The molecule has 0 amide bonds. The van der Waals surface area contributed by atoms with Gasteiger partial charge < -0.3 is 5.32 Å². The third kappa shape index (κ3) is 3.10. The topological polar surface area (TPSA) is 12.0 Å². The van der Waals surface area contributed by atoms with Gasteiger partial charge in [0.1, 0.15) is 0 Å². The fourth-order valence-electron chi connectivity index (χ4n) is 1.28.